The second-order valence-corrected chi connectivity index (χ2v) is 14.4. The summed E-state index contributed by atoms with van der Waals surface area (Å²) in [6, 6.07) is 7.60. The van der Waals surface area contributed by atoms with Crippen LogP contribution in [0.4, 0.5) is 5.69 Å². The molecule has 31 heavy (non-hydrogen) atoms. The number of nitrogens with zero attached hydrogens (tertiary/aromatic N) is 4. The first-order chi connectivity index (χ1) is 14.8. The molecule has 0 aliphatic carbocycles. The number of ether oxygens (including phenoxy) is 2. The van der Waals surface area contributed by atoms with Gasteiger partial charge in [0.15, 0.2) is 0 Å². The van der Waals surface area contributed by atoms with Crippen LogP contribution < -0.4 is 0 Å². The lowest BCUT2D eigenvalue weighted by Crippen LogP contribution is -2.22. The Morgan fingerprint density at radius 3 is 2.87 bits per heavy atom. The van der Waals surface area contributed by atoms with E-state index in [4.69, 9.17) is 9.47 Å². The van der Waals surface area contributed by atoms with E-state index in [0.29, 0.717) is 31.2 Å². The van der Waals surface area contributed by atoms with Gasteiger partial charge in [0.05, 0.1) is 22.6 Å². The molecule has 0 radical (unpaired) electrons. The molecule has 4 rings (SSSR count). The lowest BCUT2D eigenvalue weighted by molar-refractivity contribution is -0.384. The summed E-state index contributed by atoms with van der Waals surface area (Å²) in [6.07, 6.45) is 7.26. The first-order valence-corrected chi connectivity index (χ1v) is 14.0. The number of fused-ring (bicyclic) bond motifs is 1. The first kappa shape index (κ1) is 21.4. The van der Waals surface area contributed by atoms with Crippen molar-refractivity contribution in [2.24, 2.45) is 0 Å². The van der Waals surface area contributed by atoms with Gasteiger partial charge in [0.25, 0.3) is 5.69 Å². The molecule has 0 N–H and O–H groups in total. The van der Waals surface area contributed by atoms with E-state index in [2.05, 4.69) is 29.6 Å². The maximum atomic E-state index is 11.3. The van der Waals surface area contributed by atoms with E-state index in [1.807, 2.05) is 29.0 Å². The van der Waals surface area contributed by atoms with E-state index < -0.39 is 13.0 Å². The highest BCUT2D eigenvalue weighted by Gasteiger charge is 2.24. The fourth-order valence-corrected chi connectivity index (χ4v) is 4.34. The van der Waals surface area contributed by atoms with Crippen LogP contribution in [0.15, 0.2) is 48.9 Å². The zero-order valence-electron chi connectivity index (χ0n) is 17.9. The molecule has 1 unspecified atom stereocenters. The van der Waals surface area contributed by atoms with Gasteiger partial charge in [0.2, 0.25) is 0 Å². The second kappa shape index (κ2) is 8.70. The third-order valence-corrected chi connectivity index (χ3v) is 6.93. The highest BCUT2D eigenvalue weighted by Crippen LogP contribution is 2.36. The Kier molecular flexibility index (Phi) is 5.99. The topological polar surface area (TPSA) is 92.3 Å². The molecule has 0 fully saturated rings. The molecule has 9 heteroatoms. The van der Waals surface area contributed by atoms with Crippen molar-refractivity contribution < 1.29 is 14.4 Å². The first-order valence-electron chi connectivity index (χ1n) is 10.3. The number of nitro benzene ring substituents is 1. The standard InChI is InChI=1S/C22H26N4O4Si/c1-31(2,3)11-10-29-15-25-13-18(19-8-5-9-30-19)20-21(23-14-24-22(20)25)16-6-4-7-17(12-16)26(27)28/h4-8,12-14,19H,9-11,15H2,1-3H3. The summed E-state index contributed by atoms with van der Waals surface area (Å²) in [6.45, 7) is 8.59. The van der Waals surface area contributed by atoms with Crippen LogP contribution in [0.3, 0.4) is 0 Å². The van der Waals surface area contributed by atoms with Gasteiger partial charge in [-0.2, -0.15) is 0 Å². The van der Waals surface area contributed by atoms with E-state index >= 15 is 0 Å². The Morgan fingerprint density at radius 1 is 1.32 bits per heavy atom. The Balaban J connectivity index is 1.76. The van der Waals surface area contributed by atoms with Crippen LogP contribution in [0.1, 0.15) is 11.7 Å². The summed E-state index contributed by atoms with van der Waals surface area (Å²) < 4.78 is 13.8. The molecule has 2 aromatic heterocycles. The predicted octanol–water partition coefficient (Wildman–Crippen LogP) is 4.95. The quantitative estimate of drug-likeness (QED) is 0.162. The minimum absolute atomic E-state index is 0.0249. The van der Waals surface area contributed by atoms with Gasteiger partial charge < -0.3 is 14.0 Å². The lowest BCUT2D eigenvalue weighted by Gasteiger charge is -2.15. The Labute approximate surface area is 181 Å². The molecular weight excluding hydrogens is 412 g/mol. The fraction of sp³-hybridized carbons (Fsp3) is 0.364. The normalized spacial score (nSPS) is 16.3. The van der Waals surface area contributed by atoms with Crippen LogP contribution in [-0.4, -0.2) is 40.7 Å². The molecule has 1 aliphatic rings. The zero-order chi connectivity index (χ0) is 22.0. The average molecular weight is 439 g/mol. The second-order valence-electron chi connectivity index (χ2n) is 8.81. The largest absolute Gasteiger partial charge is 0.365 e. The highest BCUT2D eigenvalue weighted by molar-refractivity contribution is 6.76. The van der Waals surface area contributed by atoms with Crippen LogP contribution in [0.25, 0.3) is 22.3 Å². The average Bonchev–Trinajstić information content (AvgIpc) is 3.38. The van der Waals surface area contributed by atoms with E-state index in [-0.39, 0.29) is 11.8 Å². The van der Waals surface area contributed by atoms with Gasteiger partial charge in [-0.3, -0.25) is 10.1 Å². The lowest BCUT2D eigenvalue weighted by atomic mass is 10.0. The predicted molar refractivity (Wildman–Crippen MR) is 122 cm³/mol. The molecule has 8 nitrogen and oxygen atoms in total. The maximum absolute atomic E-state index is 11.3. The SMILES string of the molecule is C[Si](C)(C)CCOCn1cc(C2C=CCO2)c2c(-c3cccc([N+](=O)[O-])c3)ncnc21. The van der Waals surface area contributed by atoms with Gasteiger partial charge in [-0.1, -0.05) is 43.9 Å². The minimum Gasteiger partial charge on any atom is -0.365 e. The van der Waals surface area contributed by atoms with Crippen LogP contribution in [0, 0.1) is 10.1 Å². The summed E-state index contributed by atoms with van der Waals surface area (Å²) in [4.78, 5) is 19.9. The number of rotatable bonds is 8. The van der Waals surface area contributed by atoms with Crippen LogP contribution in [-0.2, 0) is 16.2 Å². The third kappa shape index (κ3) is 4.73. The van der Waals surface area contributed by atoms with Gasteiger partial charge in [-0.05, 0) is 6.04 Å². The maximum Gasteiger partial charge on any atom is 0.270 e. The summed E-state index contributed by atoms with van der Waals surface area (Å²) >= 11 is 0. The Morgan fingerprint density at radius 2 is 2.16 bits per heavy atom. The Hall–Kier alpha value is -2.88. The molecule has 0 saturated carbocycles. The summed E-state index contributed by atoms with van der Waals surface area (Å²) in [7, 11) is -1.18. The fourth-order valence-electron chi connectivity index (χ4n) is 3.58. The smallest absolute Gasteiger partial charge is 0.270 e. The monoisotopic (exact) mass is 438 g/mol. The van der Waals surface area contributed by atoms with E-state index in [0.717, 1.165) is 22.6 Å². The zero-order valence-corrected chi connectivity index (χ0v) is 18.9. The van der Waals surface area contributed by atoms with Crippen molar-refractivity contribution >= 4 is 24.8 Å². The number of nitro groups is 1. The van der Waals surface area contributed by atoms with E-state index in [9.17, 15) is 10.1 Å². The van der Waals surface area contributed by atoms with Crippen molar-refractivity contribution in [3.8, 4) is 11.3 Å². The van der Waals surface area contributed by atoms with E-state index in [1.54, 1.807) is 12.1 Å². The van der Waals surface area contributed by atoms with Crippen molar-refractivity contribution in [3.63, 3.8) is 0 Å². The van der Waals surface area contributed by atoms with Gasteiger partial charge in [0, 0.05) is 44.1 Å². The van der Waals surface area contributed by atoms with Crippen molar-refractivity contribution in [1.29, 1.82) is 0 Å². The van der Waals surface area contributed by atoms with Gasteiger partial charge >= 0.3 is 0 Å². The summed E-state index contributed by atoms with van der Waals surface area (Å²) in [5, 5.41) is 12.1. The van der Waals surface area contributed by atoms with Crippen molar-refractivity contribution in [2.45, 2.75) is 38.5 Å². The molecule has 0 spiro atoms. The molecule has 0 amide bonds. The van der Waals surface area contributed by atoms with E-state index in [1.165, 1.54) is 12.4 Å². The number of aromatic nitrogens is 3. The van der Waals surface area contributed by atoms with Crippen LogP contribution >= 0.6 is 0 Å². The van der Waals surface area contributed by atoms with Crippen molar-refractivity contribution in [3.05, 3.63) is 64.6 Å². The number of non-ortho nitro benzene ring substituents is 1. The summed E-state index contributed by atoms with van der Waals surface area (Å²) in [5.74, 6) is 0. The Bertz CT molecular complexity index is 1140. The van der Waals surface area contributed by atoms with Crippen LogP contribution in [0.2, 0.25) is 25.7 Å². The van der Waals surface area contributed by atoms with Gasteiger partial charge in [-0.15, -0.1) is 0 Å². The molecule has 1 atom stereocenters. The summed E-state index contributed by atoms with van der Waals surface area (Å²) in [5.41, 5.74) is 3.00. The minimum atomic E-state index is -1.18. The molecule has 162 valence electrons. The molecule has 0 bridgehead atoms. The van der Waals surface area contributed by atoms with Gasteiger partial charge in [-0.25, -0.2) is 9.97 Å². The number of hydrogen-bond acceptors (Lipinski definition) is 6. The molecule has 1 aliphatic heterocycles. The molecule has 3 heterocycles. The van der Waals surface area contributed by atoms with Crippen molar-refractivity contribution in [2.75, 3.05) is 13.2 Å². The molecule has 3 aromatic rings. The molecule has 0 saturated heterocycles. The van der Waals surface area contributed by atoms with Crippen molar-refractivity contribution in [1.82, 2.24) is 14.5 Å². The van der Waals surface area contributed by atoms with Crippen LogP contribution in [0.5, 0.6) is 0 Å². The number of hydrogen-bond donors (Lipinski definition) is 0. The number of benzene rings is 1. The van der Waals surface area contributed by atoms with Gasteiger partial charge in [0.1, 0.15) is 24.8 Å². The highest BCUT2D eigenvalue weighted by atomic mass is 28.3. The third-order valence-electron chi connectivity index (χ3n) is 5.23. The molecular formula is C22H26N4O4Si. The molecule has 1 aromatic carbocycles.